The Kier molecular flexibility index (Phi) is 4.74. The maximum atomic E-state index is 13.6. The van der Waals surface area contributed by atoms with Gasteiger partial charge in [0.1, 0.15) is 0 Å². The number of hydrogen-bond donors (Lipinski definition) is 1. The van der Waals surface area contributed by atoms with Crippen LogP contribution in [0.4, 0.5) is 13.2 Å². The van der Waals surface area contributed by atoms with Gasteiger partial charge in [-0.1, -0.05) is 0 Å². The van der Waals surface area contributed by atoms with E-state index >= 15 is 0 Å². The molecule has 0 spiro atoms. The highest BCUT2D eigenvalue weighted by molar-refractivity contribution is 7.89. The van der Waals surface area contributed by atoms with Crippen LogP contribution in [0.5, 0.6) is 5.75 Å². The number of benzene rings is 1. The molecule has 0 unspecified atom stereocenters. The Morgan fingerprint density at radius 3 is 2.67 bits per heavy atom. The average molecular weight is 324 g/mol. The first kappa shape index (κ1) is 16.1. The SMILES string of the molecule is N[C@@H]1CCCN(S(=O)(=O)c2ccc(OC(F)F)c(F)c2)C1. The zero-order valence-electron chi connectivity index (χ0n) is 11.0. The molecule has 0 amide bonds. The first-order valence-corrected chi connectivity index (χ1v) is 7.75. The number of ether oxygens (including phenoxy) is 1. The number of piperidine rings is 1. The molecule has 1 heterocycles. The van der Waals surface area contributed by atoms with Gasteiger partial charge in [0.05, 0.1) is 4.90 Å². The number of nitrogens with two attached hydrogens (primary N) is 1. The standard InChI is InChI=1S/C12H15F3N2O3S/c13-10-6-9(3-4-11(10)20-12(14)15)21(18,19)17-5-1-2-8(16)7-17/h3-4,6,8,12H,1-2,5,7,16H2/t8-/m1/s1. The van der Waals surface area contributed by atoms with E-state index in [1.54, 1.807) is 0 Å². The highest BCUT2D eigenvalue weighted by Crippen LogP contribution is 2.26. The minimum absolute atomic E-state index is 0.152. The molecule has 0 aromatic heterocycles. The normalized spacial score (nSPS) is 20.7. The van der Waals surface area contributed by atoms with Crippen LogP contribution in [0.2, 0.25) is 0 Å². The fourth-order valence-electron chi connectivity index (χ4n) is 2.17. The van der Waals surface area contributed by atoms with Crippen LogP contribution in [0.15, 0.2) is 23.1 Å². The molecule has 1 fully saturated rings. The molecular weight excluding hydrogens is 309 g/mol. The lowest BCUT2D eigenvalue weighted by atomic mass is 10.1. The maximum Gasteiger partial charge on any atom is 0.387 e. The number of alkyl halides is 2. The van der Waals surface area contributed by atoms with Gasteiger partial charge in [-0.15, -0.1) is 0 Å². The number of halogens is 3. The van der Waals surface area contributed by atoms with Crippen molar-refractivity contribution in [2.24, 2.45) is 5.73 Å². The molecule has 0 saturated carbocycles. The van der Waals surface area contributed by atoms with Crippen molar-refractivity contribution in [1.29, 1.82) is 0 Å². The molecule has 1 atom stereocenters. The van der Waals surface area contributed by atoms with E-state index in [0.29, 0.717) is 19.0 Å². The van der Waals surface area contributed by atoms with Crippen LogP contribution in [0.1, 0.15) is 12.8 Å². The summed E-state index contributed by atoms with van der Waals surface area (Å²) in [5, 5.41) is 0. The second kappa shape index (κ2) is 6.20. The van der Waals surface area contributed by atoms with E-state index in [0.717, 1.165) is 18.6 Å². The minimum atomic E-state index is -3.89. The summed E-state index contributed by atoms with van der Waals surface area (Å²) >= 11 is 0. The van der Waals surface area contributed by atoms with Crippen molar-refractivity contribution in [3.63, 3.8) is 0 Å². The summed E-state index contributed by atoms with van der Waals surface area (Å²) < 4.78 is 67.5. The number of nitrogens with zero attached hydrogens (tertiary/aromatic N) is 1. The smallest absolute Gasteiger partial charge is 0.387 e. The van der Waals surface area contributed by atoms with Crippen molar-refractivity contribution in [1.82, 2.24) is 4.31 Å². The second-order valence-corrected chi connectivity index (χ2v) is 6.67. The molecule has 5 nitrogen and oxygen atoms in total. The molecule has 1 aromatic carbocycles. The summed E-state index contributed by atoms with van der Waals surface area (Å²) in [7, 11) is -3.89. The molecule has 1 saturated heterocycles. The van der Waals surface area contributed by atoms with Crippen molar-refractivity contribution >= 4 is 10.0 Å². The summed E-state index contributed by atoms with van der Waals surface area (Å²) in [6, 6.07) is 2.32. The fourth-order valence-corrected chi connectivity index (χ4v) is 3.72. The average Bonchev–Trinajstić information content (AvgIpc) is 2.40. The van der Waals surface area contributed by atoms with E-state index < -0.39 is 28.2 Å². The topological polar surface area (TPSA) is 72.6 Å². The van der Waals surface area contributed by atoms with Gasteiger partial charge in [-0.05, 0) is 31.0 Å². The third-order valence-electron chi connectivity index (χ3n) is 3.18. The fraction of sp³-hybridized carbons (Fsp3) is 0.500. The molecular formula is C12H15F3N2O3S. The van der Waals surface area contributed by atoms with Gasteiger partial charge in [-0.25, -0.2) is 12.8 Å². The Morgan fingerprint density at radius 1 is 1.38 bits per heavy atom. The Balaban J connectivity index is 2.26. The number of hydrogen-bond acceptors (Lipinski definition) is 4. The van der Waals surface area contributed by atoms with Crippen molar-refractivity contribution in [3.8, 4) is 5.75 Å². The van der Waals surface area contributed by atoms with Crippen LogP contribution in [-0.4, -0.2) is 38.5 Å². The first-order valence-electron chi connectivity index (χ1n) is 6.31. The Labute approximate surface area is 120 Å². The summed E-state index contributed by atoms with van der Waals surface area (Å²) in [4.78, 5) is -0.310. The molecule has 9 heteroatoms. The summed E-state index contributed by atoms with van der Waals surface area (Å²) in [5.74, 6) is -1.85. The summed E-state index contributed by atoms with van der Waals surface area (Å²) in [5.41, 5.74) is 5.73. The van der Waals surface area contributed by atoms with Gasteiger partial charge in [-0.3, -0.25) is 0 Å². The van der Waals surface area contributed by atoms with Crippen LogP contribution >= 0.6 is 0 Å². The van der Waals surface area contributed by atoms with E-state index in [9.17, 15) is 21.6 Å². The monoisotopic (exact) mass is 324 g/mol. The van der Waals surface area contributed by atoms with Crippen LogP contribution in [0, 0.1) is 5.82 Å². The Morgan fingerprint density at radius 2 is 2.10 bits per heavy atom. The van der Waals surface area contributed by atoms with Crippen molar-refractivity contribution < 1.29 is 26.3 Å². The molecule has 118 valence electrons. The molecule has 1 aromatic rings. The van der Waals surface area contributed by atoms with Crippen molar-refractivity contribution in [2.45, 2.75) is 30.4 Å². The molecule has 0 aliphatic carbocycles. The van der Waals surface area contributed by atoms with Crippen LogP contribution in [-0.2, 0) is 10.0 Å². The predicted molar refractivity (Wildman–Crippen MR) is 69.0 cm³/mol. The molecule has 1 aliphatic rings. The highest BCUT2D eigenvalue weighted by atomic mass is 32.2. The highest BCUT2D eigenvalue weighted by Gasteiger charge is 2.29. The quantitative estimate of drug-likeness (QED) is 0.912. The summed E-state index contributed by atoms with van der Waals surface area (Å²) in [6.45, 7) is -2.73. The third-order valence-corrected chi connectivity index (χ3v) is 5.04. The lowest BCUT2D eigenvalue weighted by Crippen LogP contribution is -2.45. The summed E-state index contributed by atoms with van der Waals surface area (Å²) in [6.07, 6.45) is 1.34. The van der Waals surface area contributed by atoms with Gasteiger partial charge < -0.3 is 10.5 Å². The minimum Gasteiger partial charge on any atom is -0.432 e. The first-order chi connectivity index (χ1) is 9.80. The van der Waals surface area contributed by atoms with E-state index in [1.807, 2.05) is 0 Å². The van der Waals surface area contributed by atoms with Crippen LogP contribution < -0.4 is 10.5 Å². The van der Waals surface area contributed by atoms with E-state index in [2.05, 4.69) is 4.74 Å². The van der Waals surface area contributed by atoms with Gasteiger partial charge in [-0.2, -0.15) is 13.1 Å². The van der Waals surface area contributed by atoms with Crippen LogP contribution in [0.25, 0.3) is 0 Å². The molecule has 2 rings (SSSR count). The van der Waals surface area contributed by atoms with Crippen molar-refractivity contribution in [2.75, 3.05) is 13.1 Å². The molecule has 2 N–H and O–H groups in total. The zero-order chi connectivity index (χ0) is 15.6. The van der Waals surface area contributed by atoms with Gasteiger partial charge in [0.25, 0.3) is 0 Å². The van der Waals surface area contributed by atoms with E-state index in [4.69, 9.17) is 5.73 Å². The molecule has 0 bridgehead atoms. The zero-order valence-corrected chi connectivity index (χ0v) is 11.8. The lowest BCUT2D eigenvalue weighted by Gasteiger charge is -2.29. The van der Waals surface area contributed by atoms with Crippen LogP contribution in [0.3, 0.4) is 0 Å². The second-order valence-electron chi connectivity index (χ2n) is 4.74. The van der Waals surface area contributed by atoms with E-state index in [1.165, 1.54) is 4.31 Å². The van der Waals surface area contributed by atoms with Gasteiger partial charge in [0.15, 0.2) is 11.6 Å². The number of rotatable bonds is 4. The van der Waals surface area contributed by atoms with Gasteiger partial charge >= 0.3 is 6.61 Å². The van der Waals surface area contributed by atoms with Gasteiger partial charge in [0, 0.05) is 19.1 Å². The third kappa shape index (κ3) is 3.66. The maximum absolute atomic E-state index is 13.6. The lowest BCUT2D eigenvalue weighted by molar-refractivity contribution is -0.0522. The number of sulfonamides is 1. The largest absolute Gasteiger partial charge is 0.432 e. The molecule has 0 radical (unpaired) electrons. The Hall–Kier alpha value is -1.32. The molecule has 21 heavy (non-hydrogen) atoms. The van der Waals surface area contributed by atoms with Crippen molar-refractivity contribution in [3.05, 3.63) is 24.0 Å². The Bertz CT molecular complexity index is 610. The molecule has 1 aliphatic heterocycles. The predicted octanol–water partition coefficient (Wildman–Crippen LogP) is 1.54. The van der Waals surface area contributed by atoms with E-state index in [-0.39, 0.29) is 17.5 Å². The van der Waals surface area contributed by atoms with Gasteiger partial charge in [0.2, 0.25) is 10.0 Å².